The van der Waals surface area contributed by atoms with Gasteiger partial charge in [0.25, 0.3) is 0 Å². The van der Waals surface area contributed by atoms with Crippen LogP contribution in [0.4, 0.5) is 0 Å². The van der Waals surface area contributed by atoms with E-state index in [1.54, 1.807) is 11.3 Å². The molecule has 0 aliphatic heterocycles. The molecule has 13 heavy (non-hydrogen) atoms. The fourth-order valence-corrected chi connectivity index (χ4v) is 3.61. The van der Waals surface area contributed by atoms with Crippen LogP contribution in [0.15, 0.2) is 26.9 Å². The molecule has 0 N–H and O–H groups in total. The molecule has 2 rings (SSSR count). The summed E-state index contributed by atoms with van der Waals surface area (Å²) in [4.78, 5) is 0. The minimum absolute atomic E-state index is 1.06. The first-order chi connectivity index (χ1) is 6.22. The molecular formula is C10H9BrS2. The number of thiol groups is 1. The van der Waals surface area contributed by atoms with Gasteiger partial charge in [-0.05, 0) is 29.5 Å². The summed E-state index contributed by atoms with van der Waals surface area (Å²) in [6.45, 7) is 2.17. The Morgan fingerprint density at radius 2 is 2.23 bits per heavy atom. The minimum atomic E-state index is 1.06. The molecule has 0 aliphatic carbocycles. The molecule has 1 aromatic heterocycles. The Hall–Kier alpha value is 0.01000. The van der Waals surface area contributed by atoms with Gasteiger partial charge in [0.05, 0.1) is 4.21 Å². The standard InChI is InChI=1S/C10H9BrS2/c1-2-7-8-4-3-6(11)5-9(8)13-10(7)12/h3-5,12H,2H2,1H3. The second-order valence-corrected chi connectivity index (χ2v) is 5.60. The number of halogens is 1. The lowest BCUT2D eigenvalue weighted by molar-refractivity contribution is 1.13. The normalized spacial score (nSPS) is 11.0. The van der Waals surface area contributed by atoms with Crippen LogP contribution in [0.3, 0.4) is 0 Å². The molecule has 0 amide bonds. The van der Waals surface area contributed by atoms with Crippen molar-refractivity contribution >= 4 is 50.0 Å². The number of aryl methyl sites for hydroxylation is 1. The van der Waals surface area contributed by atoms with Crippen molar-refractivity contribution in [1.82, 2.24) is 0 Å². The smallest absolute Gasteiger partial charge is 0.0612 e. The van der Waals surface area contributed by atoms with Gasteiger partial charge < -0.3 is 0 Å². The third-order valence-corrected chi connectivity index (χ3v) is 4.12. The first-order valence-corrected chi connectivity index (χ1v) is 6.18. The fraction of sp³-hybridized carbons (Fsp3) is 0.200. The van der Waals surface area contributed by atoms with Crippen molar-refractivity contribution in [2.75, 3.05) is 0 Å². The molecule has 0 bridgehead atoms. The maximum absolute atomic E-state index is 4.47. The Balaban J connectivity index is 2.79. The van der Waals surface area contributed by atoms with Gasteiger partial charge in [0.15, 0.2) is 0 Å². The summed E-state index contributed by atoms with van der Waals surface area (Å²) in [5.74, 6) is 0. The number of hydrogen-bond acceptors (Lipinski definition) is 2. The van der Waals surface area contributed by atoms with Crippen LogP contribution in [0.25, 0.3) is 10.1 Å². The number of rotatable bonds is 1. The highest BCUT2D eigenvalue weighted by molar-refractivity contribution is 9.10. The van der Waals surface area contributed by atoms with E-state index >= 15 is 0 Å². The zero-order valence-corrected chi connectivity index (χ0v) is 10.5. The van der Waals surface area contributed by atoms with Gasteiger partial charge in [-0.2, -0.15) is 0 Å². The molecular weight excluding hydrogens is 264 g/mol. The van der Waals surface area contributed by atoms with Crippen LogP contribution in [0.5, 0.6) is 0 Å². The second-order valence-electron chi connectivity index (χ2n) is 2.88. The zero-order chi connectivity index (χ0) is 9.42. The molecule has 0 fully saturated rings. The Labute approximate surface area is 95.5 Å². The molecule has 0 radical (unpaired) electrons. The molecule has 0 spiro atoms. The molecule has 0 unspecified atom stereocenters. The average molecular weight is 273 g/mol. The van der Waals surface area contributed by atoms with E-state index in [1.165, 1.54) is 15.6 Å². The monoisotopic (exact) mass is 272 g/mol. The summed E-state index contributed by atoms with van der Waals surface area (Å²) in [6.07, 6.45) is 1.06. The Morgan fingerprint density at radius 3 is 2.92 bits per heavy atom. The van der Waals surface area contributed by atoms with Crippen LogP contribution >= 0.6 is 39.9 Å². The van der Waals surface area contributed by atoms with E-state index in [0.29, 0.717) is 0 Å². The van der Waals surface area contributed by atoms with Crippen molar-refractivity contribution in [2.45, 2.75) is 17.6 Å². The van der Waals surface area contributed by atoms with Crippen molar-refractivity contribution in [3.05, 3.63) is 28.2 Å². The lowest BCUT2D eigenvalue weighted by Gasteiger charge is -1.95. The summed E-state index contributed by atoms with van der Waals surface area (Å²) in [5.41, 5.74) is 1.37. The first-order valence-electron chi connectivity index (χ1n) is 4.12. The summed E-state index contributed by atoms with van der Waals surface area (Å²) in [7, 11) is 0. The predicted molar refractivity (Wildman–Crippen MR) is 66.2 cm³/mol. The molecule has 1 aromatic carbocycles. The number of thiophene rings is 1. The highest BCUT2D eigenvalue weighted by atomic mass is 79.9. The van der Waals surface area contributed by atoms with Gasteiger partial charge in [-0.3, -0.25) is 0 Å². The second kappa shape index (κ2) is 3.64. The summed E-state index contributed by atoms with van der Waals surface area (Å²) < 4.78 is 3.60. The van der Waals surface area contributed by atoms with Crippen molar-refractivity contribution < 1.29 is 0 Å². The van der Waals surface area contributed by atoms with Crippen molar-refractivity contribution in [1.29, 1.82) is 0 Å². The third-order valence-electron chi connectivity index (χ3n) is 2.09. The maximum atomic E-state index is 4.47. The molecule has 68 valence electrons. The van der Waals surface area contributed by atoms with E-state index in [0.717, 1.165) is 15.1 Å². The molecule has 2 aromatic rings. The van der Waals surface area contributed by atoms with Gasteiger partial charge in [-0.25, -0.2) is 0 Å². The number of benzene rings is 1. The van der Waals surface area contributed by atoms with Gasteiger partial charge in [0.2, 0.25) is 0 Å². The summed E-state index contributed by atoms with van der Waals surface area (Å²) >= 11 is 9.70. The third kappa shape index (κ3) is 1.65. The first kappa shape index (κ1) is 9.56. The van der Waals surface area contributed by atoms with Gasteiger partial charge in [0.1, 0.15) is 0 Å². The number of fused-ring (bicyclic) bond motifs is 1. The quantitative estimate of drug-likeness (QED) is 0.726. The highest BCUT2D eigenvalue weighted by Gasteiger charge is 2.07. The SMILES string of the molecule is CCc1c(S)sc2cc(Br)ccc12. The topological polar surface area (TPSA) is 0 Å². The lowest BCUT2D eigenvalue weighted by Crippen LogP contribution is -1.76. The molecule has 1 heterocycles. The highest BCUT2D eigenvalue weighted by Crippen LogP contribution is 2.35. The van der Waals surface area contributed by atoms with E-state index in [9.17, 15) is 0 Å². The van der Waals surface area contributed by atoms with E-state index in [1.807, 2.05) is 0 Å². The van der Waals surface area contributed by atoms with Crippen molar-refractivity contribution in [2.24, 2.45) is 0 Å². The van der Waals surface area contributed by atoms with Crippen LogP contribution in [-0.2, 0) is 6.42 Å². The summed E-state index contributed by atoms with van der Waals surface area (Å²) in [5, 5.41) is 1.35. The van der Waals surface area contributed by atoms with Crippen molar-refractivity contribution in [3.8, 4) is 0 Å². The summed E-state index contributed by atoms with van der Waals surface area (Å²) in [6, 6.07) is 6.40. The Kier molecular flexibility index (Phi) is 2.67. The van der Waals surface area contributed by atoms with Crippen LogP contribution in [0.1, 0.15) is 12.5 Å². The largest absolute Gasteiger partial charge is 0.133 e. The maximum Gasteiger partial charge on any atom is 0.0612 e. The number of hydrogen-bond donors (Lipinski definition) is 1. The molecule has 0 atom stereocenters. The minimum Gasteiger partial charge on any atom is -0.133 e. The van der Waals surface area contributed by atoms with E-state index in [4.69, 9.17) is 0 Å². The lowest BCUT2D eigenvalue weighted by atomic mass is 10.1. The van der Waals surface area contributed by atoms with Gasteiger partial charge in [-0.15, -0.1) is 24.0 Å². The Morgan fingerprint density at radius 1 is 1.46 bits per heavy atom. The zero-order valence-electron chi connectivity index (χ0n) is 7.17. The Bertz CT molecular complexity index is 445. The average Bonchev–Trinajstić information content (AvgIpc) is 2.39. The molecule has 3 heteroatoms. The predicted octanol–water partition coefficient (Wildman–Crippen LogP) is 4.51. The van der Waals surface area contributed by atoms with Crippen LogP contribution in [-0.4, -0.2) is 0 Å². The molecule has 0 saturated heterocycles. The molecule has 0 saturated carbocycles. The van der Waals surface area contributed by atoms with Gasteiger partial charge in [0, 0.05) is 9.17 Å². The van der Waals surface area contributed by atoms with Gasteiger partial charge >= 0.3 is 0 Å². The molecule has 0 nitrogen and oxygen atoms in total. The van der Waals surface area contributed by atoms with Crippen LogP contribution in [0.2, 0.25) is 0 Å². The van der Waals surface area contributed by atoms with Crippen molar-refractivity contribution in [3.63, 3.8) is 0 Å². The van der Waals surface area contributed by atoms with E-state index < -0.39 is 0 Å². The fourth-order valence-electron chi connectivity index (χ4n) is 1.45. The van der Waals surface area contributed by atoms with Crippen LogP contribution in [0, 0.1) is 0 Å². The van der Waals surface area contributed by atoms with Gasteiger partial charge in [-0.1, -0.05) is 28.9 Å². The molecule has 0 aliphatic rings. The van der Waals surface area contributed by atoms with Crippen LogP contribution < -0.4 is 0 Å². The van der Waals surface area contributed by atoms with E-state index in [-0.39, 0.29) is 0 Å². The van der Waals surface area contributed by atoms with E-state index in [2.05, 4.69) is 53.7 Å².